The molecule has 23 heteroatoms. The number of hydrogen-bond donors (Lipinski definition) is 12. The highest BCUT2D eigenvalue weighted by Gasteiger charge is 2.35. The van der Waals surface area contributed by atoms with Crippen molar-refractivity contribution in [3.8, 4) is 5.75 Å². The molecule has 2 aromatic carbocycles. The Balaban J connectivity index is 1.68. The third-order valence-electron chi connectivity index (χ3n) is 10.2. The van der Waals surface area contributed by atoms with Gasteiger partial charge in [0.15, 0.2) is 0 Å². The van der Waals surface area contributed by atoms with Gasteiger partial charge in [0.1, 0.15) is 48.6 Å². The van der Waals surface area contributed by atoms with E-state index in [0.29, 0.717) is 24.0 Å². The molecule has 6 atom stereocenters. The molecule has 0 aliphatic heterocycles. The van der Waals surface area contributed by atoms with Crippen LogP contribution in [0.3, 0.4) is 0 Å². The lowest BCUT2D eigenvalue weighted by Crippen LogP contribution is -2.60. The molecule has 0 bridgehead atoms. The Kier molecular flexibility index (Phi) is 21.1. The van der Waals surface area contributed by atoms with Gasteiger partial charge in [0.05, 0.1) is 13.2 Å². The quantitative estimate of drug-likeness (QED) is 0.0470. The number of phenolic OH excluding ortho intramolecular Hbond substituents is 1. The lowest BCUT2D eigenvalue weighted by atomic mass is 9.80. The summed E-state index contributed by atoms with van der Waals surface area (Å²) < 4.78 is 5.08. The van der Waals surface area contributed by atoms with Crippen molar-refractivity contribution in [2.24, 2.45) is 11.7 Å². The van der Waals surface area contributed by atoms with Crippen LogP contribution in [0.4, 0.5) is 4.79 Å². The molecule has 3 rings (SSSR count). The highest BCUT2D eigenvalue weighted by Crippen LogP contribution is 2.30. The number of carboxylic acids is 2. The fourth-order valence-corrected chi connectivity index (χ4v) is 6.32. The van der Waals surface area contributed by atoms with Crippen molar-refractivity contribution < 1.29 is 73.1 Å². The molecule has 0 heterocycles. The van der Waals surface area contributed by atoms with Crippen molar-refractivity contribution in [1.29, 1.82) is 0 Å². The van der Waals surface area contributed by atoms with E-state index in [4.69, 9.17) is 15.6 Å². The summed E-state index contributed by atoms with van der Waals surface area (Å²) in [6.45, 7) is -0.495. The second kappa shape index (κ2) is 26.4. The van der Waals surface area contributed by atoms with E-state index in [-0.39, 0.29) is 37.5 Å². The van der Waals surface area contributed by atoms with Crippen molar-refractivity contribution in [1.82, 2.24) is 37.2 Å². The van der Waals surface area contributed by atoms with Gasteiger partial charge in [-0.25, -0.2) is 4.79 Å². The highest BCUT2D eigenvalue weighted by molar-refractivity contribution is 5.97. The molecule has 0 spiro atoms. The molecule has 1 fully saturated rings. The molecule has 0 saturated heterocycles. The summed E-state index contributed by atoms with van der Waals surface area (Å²) in [6.07, 6.45) is -0.800. The van der Waals surface area contributed by atoms with Gasteiger partial charge in [0.25, 0.3) is 0 Å². The number of amides is 8. The molecule has 0 radical (unpaired) electrons. The van der Waals surface area contributed by atoms with Gasteiger partial charge in [-0.05, 0) is 55.4 Å². The number of nitrogens with two attached hydrogens (primary N) is 1. The van der Waals surface area contributed by atoms with Gasteiger partial charge in [0, 0.05) is 19.3 Å². The third kappa shape index (κ3) is 18.9. The monoisotopic (exact) mass is 912 g/mol. The van der Waals surface area contributed by atoms with Crippen molar-refractivity contribution in [3.05, 3.63) is 65.7 Å². The SMILES string of the molecule is C[C@H](NC(=O)OCc1ccccc1)C(=O)NCC(=O)N[C@@H](CCC(=O)O)C(=O)N[C@@H](CO)C(=O)N[C@@H](CC1CCC1)C(=O)N[C@@H](Cc1ccc(O)cc1)C(=O)N[C@@H](CCC(=O)O)C(N)=O. The summed E-state index contributed by atoms with van der Waals surface area (Å²) in [5.41, 5.74) is 6.55. The van der Waals surface area contributed by atoms with Gasteiger partial charge in [-0.2, -0.15) is 0 Å². The Labute approximate surface area is 373 Å². The second-order valence-corrected chi connectivity index (χ2v) is 15.4. The molecule has 2 aromatic rings. The Bertz CT molecular complexity index is 2000. The van der Waals surface area contributed by atoms with Gasteiger partial charge in [-0.1, -0.05) is 61.7 Å². The van der Waals surface area contributed by atoms with Crippen LogP contribution in [-0.2, 0) is 60.9 Å². The number of ether oxygens (including phenoxy) is 1. The predicted octanol–water partition coefficient (Wildman–Crippen LogP) is -1.81. The molecule has 1 aliphatic carbocycles. The number of hydrogen-bond acceptors (Lipinski definition) is 13. The van der Waals surface area contributed by atoms with Crippen LogP contribution in [0.1, 0.15) is 69.4 Å². The molecule has 1 aliphatic rings. The first kappa shape index (κ1) is 52.0. The summed E-state index contributed by atoms with van der Waals surface area (Å²) in [7, 11) is 0. The van der Waals surface area contributed by atoms with Crippen LogP contribution in [0.15, 0.2) is 54.6 Å². The van der Waals surface area contributed by atoms with E-state index in [1.165, 1.54) is 31.2 Å². The Morgan fingerprint density at radius 3 is 1.77 bits per heavy atom. The zero-order valence-corrected chi connectivity index (χ0v) is 35.6. The van der Waals surface area contributed by atoms with E-state index >= 15 is 0 Å². The molecule has 0 aromatic heterocycles. The zero-order chi connectivity index (χ0) is 48.1. The number of carbonyl (C=O) groups excluding carboxylic acids is 8. The van der Waals surface area contributed by atoms with Crippen LogP contribution in [0.25, 0.3) is 0 Å². The number of benzene rings is 2. The molecular weight excluding hydrogens is 857 g/mol. The molecule has 8 amide bonds. The lowest BCUT2D eigenvalue weighted by molar-refractivity contribution is -0.139. The maximum absolute atomic E-state index is 13.9. The fraction of sp³-hybridized carbons (Fsp3) is 0.476. The first-order valence-corrected chi connectivity index (χ1v) is 20.7. The average Bonchev–Trinajstić information content (AvgIpc) is 3.24. The van der Waals surface area contributed by atoms with Crippen LogP contribution in [0.5, 0.6) is 5.75 Å². The number of aliphatic hydroxyl groups is 1. The molecule has 0 unspecified atom stereocenters. The van der Waals surface area contributed by atoms with E-state index < -0.39 is 128 Å². The van der Waals surface area contributed by atoms with E-state index in [2.05, 4.69) is 37.2 Å². The largest absolute Gasteiger partial charge is 0.508 e. The van der Waals surface area contributed by atoms with E-state index in [0.717, 1.165) is 6.42 Å². The summed E-state index contributed by atoms with van der Waals surface area (Å²) in [5, 5.41) is 54.8. The predicted molar refractivity (Wildman–Crippen MR) is 226 cm³/mol. The van der Waals surface area contributed by atoms with Gasteiger partial charge in [0.2, 0.25) is 41.4 Å². The van der Waals surface area contributed by atoms with E-state index in [9.17, 15) is 63.3 Å². The number of alkyl carbamates (subject to hydrolysis) is 1. The fourth-order valence-electron chi connectivity index (χ4n) is 6.32. The van der Waals surface area contributed by atoms with E-state index in [1.54, 1.807) is 30.3 Å². The second-order valence-electron chi connectivity index (χ2n) is 15.4. The minimum atomic E-state index is -1.75. The number of aliphatic hydroxyl groups excluding tert-OH is 1. The van der Waals surface area contributed by atoms with Crippen LogP contribution in [0.2, 0.25) is 0 Å². The first-order chi connectivity index (χ1) is 30.8. The summed E-state index contributed by atoms with van der Waals surface area (Å²) >= 11 is 0. The topological polar surface area (TPSA) is 371 Å². The summed E-state index contributed by atoms with van der Waals surface area (Å²) in [5.74, 6) is -9.50. The molecular formula is C42H56N8O15. The van der Waals surface area contributed by atoms with Crippen LogP contribution in [0, 0.1) is 5.92 Å². The van der Waals surface area contributed by atoms with Gasteiger partial charge < -0.3 is 68.1 Å². The Morgan fingerprint density at radius 2 is 1.20 bits per heavy atom. The highest BCUT2D eigenvalue weighted by atomic mass is 16.5. The first-order valence-electron chi connectivity index (χ1n) is 20.7. The van der Waals surface area contributed by atoms with E-state index in [1.807, 2.05) is 0 Å². The van der Waals surface area contributed by atoms with Crippen LogP contribution < -0.4 is 43.0 Å². The Morgan fingerprint density at radius 1 is 0.662 bits per heavy atom. The number of aromatic hydroxyl groups is 1. The standard InChI is InChI=1S/C42H56N8O15/c1-23(45-42(64)65-22-26-6-3-2-4-7-26)37(59)44-20-33(53)46-29(15-17-35(56)57)38(60)50-32(21-51)41(63)49-30(18-24-8-5-9-24)40(62)48-31(19-25-10-12-27(52)13-11-25)39(61)47-28(36(43)58)14-16-34(54)55/h2-4,6-7,10-13,23-24,28-32,51-52H,5,8-9,14-22H2,1H3,(H2,43,58)(H,44,59)(H,45,64)(H,46,53)(H,47,61)(H,48,62)(H,49,63)(H,50,60)(H,54,55)(H,56,57)/t23-,28-,29-,30-,31-,32-/m0/s1. The van der Waals surface area contributed by atoms with Crippen molar-refractivity contribution in [2.75, 3.05) is 13.2 Å². The average molecular weight is 913 g/mol. The maximum Gasteiger partial charge on any atom is 0.408 e. The lowest BCUT2D eigenvalue weighted by Gasteiger charge is -2.31. The number of aliphatic carboxylic acids is 2. The third-order valence-corrected chi connectivity index (χ3v) is 10.2. The smallest absolute Gasteiger partial charge is 0.408 e. The summed E-state index contributed by atoms with van der Waals surface area (Å²) in [4.78, 5) is 127. The molecule has 23 nitrogen and oxygen atoms in total. The number of rotatable bonds is 27. The van der Waals surface area contributed by atoms with Crippen LogP contribution >= 0.6 is 0 Å². The molecule has 354 valence electrons. The summed E-state index contributed by atoms with van der Waals surface area (Å²) in [6, 6.07) is 5.60. The minimum absolute atomic E-state index is 0.0452. The number of nitrogens with one attached hydrogen (secondary N) is 7. The number of carboxylic acid groups (broad SMARTS) is 2. The number of primary amides is 1. The maximum atomic E-state index is 13.9. The van der Waals surface area contributed by atoms with Crippen molar-refractivity contribution in [2.45, 2.75) is 108 Å². The van der Waals surface area contributed by atoms with Gasteiger partial charge in [-0.3, -0.25) is 43.2 Å². The van der Waals surface area contributed by atoms with Gasteiger partial charge in [-0.15, -0.1) is 0 Å². The minimum Gasteiger partial charge on any atom is -0.508 e. The van der Waals surface area contributed by atoms with Crippen LogP contribution in [-0.4, -0.2) is 129 Å². The Hall–Kier alpha value is -7.30. The van der Waals surface area contributed by atoms with Crippen molar-refractivity contribution in [3.63, 3.8) is 0 Å². The van der Waals surface area contributed by atoms with Gasteiger partial charge >= 0.3 is 18.0 Å². The number of carbonyl (C=O) groups is 10. The van der Waals surface area contributed by atoms with Crippen molar-refractivity contribution >= 4 is 59.4 Å². The molecule has 65 heavy (non-hydrogen) atoms. The molecule has 1 saturated carbocycles. The number of phenols is 1. The normalized spacial score (nSPS) is 14.8. The zero-order valence-electron chi connectivity index (χ0n) is 35.6. The molecule has 13 N–H and O–H groups in total.